The Bertz CT molecular complexity index is 914. The van der Waals surface area contributed by atoms with Crippen molar-refractivity contribution in [3.8, 4) is 11.5 Å². The van der Waals surface area contributed by atoms with Gasteiger partial charge in [-0.25, -0.2) is 0 Å². The van der Waals surface area contributed by atoms with Gasteiger partial charge in [0.05, 0.1) is 4.08 Å². The van der Waals surface area contributed by atoms with Gasteiger partial charge in [0, 0.05) is 20.9 Å². The van der Waals surface area contributed by atoms with Gasteiger partial charge in [-0.2, -0.15) is 0 Å². The molecule has 35 heavy (non-hydrogen) atoms. The summed E-state index contributed by atoms with van der Waals surface area (Å²) in [7, 11) is 0. The Morgan fingerprint density at radius 3 is 1.03 bits per heavy atom. The molecule has 0 heterocycles. The zero-order valence-electron chi connectivity index (χ0n) is 24.5. The Balaban J connectivity index is 2.57. The molecule has 2 rings (SSSR count). The Morgan fingerprint density at radius 1 is 0.514 bits per heavy atom. The minimum absolute atomic E-state index is 0.162. The monoisotopic (exact) mass is 515 g/mol. The smallest absolute Gasteiger partial charge is 0.123 e. The van der Waals surface area contributed by atoms with Gasteiger partial charge in [-0.1, -0.05) is 83.1 Å². The number of hydrogen-bond acceptors (Lipinski definition) is 4. The number of phenolic OH excluding ortho intramolecular Hbond substituents is 1. The van der Waals surface area contributed by atoms with E-state index < -0.39 is 0 Å². The maximum Gasteiger partial charge on any atom is 0.123 e. The van der Waals surface area contributed by atoms with Gasteiger partial charge in [0.25, 0.3) is 0 Å². The number of aromatic hydroxyl groups is 1. The highest BCUT2D eigenvalue weighted by Gasteiger charge is 2.30. The van der Waals surface area contributed by atoms with Gasteiger partial charge in [-0.3, -0.25) is 0 Å². The summed E-state index contributed by atoms with van der Waals surface area (Å²) < 4.78 is -0.185. The molecule has 0 saturated carbocycles. The first-order valence-corrected chi connectivity index (χ1v) is 14.2. The molecule has 0 bridgehead atoms. The van der Waals surface area contributed by atoms with Crippen LogP contribution >= 0.6 is 23.5 Å². The van der Waals surface area contributed by atoms with E-state index in [4.69, 9.17) is 0 Å². The van der Waals surface area contributed by atoms with E-state index in [1.807, 2.05) is 11.8 Å². The summed E-state index contributed by atoms with van der Waals surface area (Å²) in [5.74, 6) is 0.582. The zero-order chi connectivity index (χ0) is 27.4. The van der Waals surface area contributed by atoms with Crippen molar-refractivity contribution in [2.45, 2.75) is 132 Å². The summed E-state index contributed by atoms with van der Waals surface area (Å²) in [4.78, 5) is 2.28. The summed E-state index contributed by atoms with van der Waals surface area (Å²) in [6.45, 7) is 30.0. The van der Waals surface area contributed by atoms with E-state index in [1.54, 1.807) is 11.8 Å². The standard InChI is InChI=1S/C31H48O2S2/c1-27(2,3)21-15-19(16-22(25(21)32)28(4,5)6)34-31(13,14)35-20-17-23(29(7,8)9)26(33)24(18-20)30(10,11)12/h15-18,32-33H,1-14H3/p-1. The highest BCUT2D eigenvalue weighted by Crippen LogP contribution is 2.50. The molecular formula is C31H47O2S2-. The first-order valence-electron chi connectivity index (χ1n) is 12.6. The molecule has 0 aliphatic rings. The van der Waals surface area contributed by atoms with E-state index in [2.05, 4.69) is 121 Å². The van der Waals surface area contributed by atoms with E-state index in [9.17, 15) is 10.2 Å². The fourth-order valence-electron chi connectivity index (χ4n) is 4.17. The molecule has 1 N–H and O–H groups in total. The third-order valence-corrected chi connectivity index (χ3v) is 8.53. The van der Waals surface area contributed by atoms with Crippen molar-refractivity contribution in [1.82, 2.24) is 0 Å². The van der Waals surface area contributed by atoms with Crippen LogP contribution < -0.4 is 5.11 Å². The molecule has 0 aliphatic heterocycles. The summed E-state index contributed by atoms with van der Waals surface area (Å²) >= 11 is 3.62. The van der Waals surface area contributed by atoms with Gasteiger partial charge < -0.3 is 10.2 Å². The number of hydrogen-bond donors (Lipinski definition) is 1. The van der Waals surface area contributed by atoms with Gasteiger partial charge in [-0.05, 0) is 70.9 Å². The van der Waals surface area contributed by atoms with Gasteiger partial charge >= 0.3 is 0 Å². The fourth-order valence-corrected chi connectivity index (χ4v) is 6.76. The lowest BCUT2D eigenvalue weighted by atomic mass is 9.79. The lowest BCUT2D eigenvalue weighted by molar-refractivity contribution is -0.271. The largest absolute Gasteiger partial charge is 0.872 e. The predicted octanol–water partition coefficient (Wildman–Crippen LogP) is 9.28. The molecule has 2 aromatic carbocycles. The molecule has 0 unspecified atom stereocenters. The molecule has 0 radical (unpaired) electrons. The van der Waals surface area contributed by atoms with E-state index in [1.165, 1.54) is 0 Å². The predicted molar refractivity (Wildman–Crippen MR) is 155 cm³/mol. The van der Waals surface area contributed by atoms with Crippen LogP contribution in [0.15, 0.2) is 34.1 Å². The zero-order valence-corrected chi connectivity index (χ0v) is 26.1. The quantitative estimate of drug-likeness (QED) is 0.325. The van der Waals surface area contributed by atoms with Gasteiger partial charge in [-0.15, -0.1) is 29.3 Å². The Labute approximate surface area is 223 Å². The van der Waals surface area contributed by atoms with Crippen LogP contribution in [0.5, 0.6) is 11.5 Å². The molecule has 2 nitrogen and oxygen atoms in total. The minimum Gasteiger partial charge on any atom is -0.872 e. The Hall–Kier alpha value is -1.26. The van der Waals surface area contributed by atoms with Crippen molar-refractivity contribution in [2.24, 2.45) is 0 Å². The van der Waals surface area contributed by atoms with Crippen LogP contribution in [0.2, 0.25) is 0 Å². The average molecular weight is 516 g/mol. The number of thioether (sulfide) groups is 2. The molecule has 0 aliphatic carbocycles. The number of benzene rings is 2. The average Bonchev–Trinajstić information content (AvgIpc) is 2.60. The topological polar surface area (TPSA) is 43.3 Å². The van der Waals surface area contributed by atoms with E-state index in [0.29, 0.717) is 5.75 Å². The van der Waals surface area contributed by atoms with Crippen molar-refractivity contribution in [2.75, 3.05) is 0 Å². The minimum atomic E-state index is -0.217. The molecule has 0 aromatic heterocycles. The van der Waals surface area contributed by atoms with Crippen LogP contribution in [-0.2, 0) is 21.7 Å². The lowest BCUT2D eigenvalue weighted by Gasteiger charge is -2.35. The molecule has 0 saturated heterocycles. The Kier molecular flexibility index (Phi) is 8.18. The van der Waals surface area contributed by atoms with Crippen molar-refractivity contribution in [1.29, 1.82) is 0 Å². The normalized spacial score (nSPS) is 13.9. The van der Waals surface area contributed by atoms with Crippen molar-refractivity contribution < 1.29 is 10.2 Å². The molecule has 0 fully saturated rings. The summed E-state index contributed by atoms with van der Waals surface area (Å²) in [5, 5.41) is 24.4. The Morgan fingerprint density at radius 2 is 0.771 bits per heavy atom. The van der Waals surface area contributed by atoms with Crippen molar-refractivity contribution in [3.63, 3.8) is 0 Å². The van der Waals surface area contributed by atoms with Gasteiger partial charge in [0.15, 0.2) is 0 Å². The molecule has 4 heteroatoms. The molecule has 0 spiro atoms. The molecule has 196 valence electrons. The van der Waals surface area contributed by atoms with Crippen LogP contribution in [-0.4, -0.2) is 9.19 Å². The number of rotatable bonds is 4. The van der Waals surface area contributed by atoms with Crippen LogP contribution in [0.25, 0.3) is 0 Å². The van der Waals surface area contributed by atoms with Crippen LogP contribution in [0.4, 0.5) is 0 Å². The third kappa shape index (κ3) is 7.38. The highest BCUT2D eigenvalue weighted by atomic mass is 32.2. The van der Waals surface area contributed by atoms with E-state index in [-0.39, 0.29) is 31.5 Å². The summed E-state index contributed by atoms with van der Waals surface area (Å²) in [6.07, 6.45) is 0. The number of phenols is 1. The summed E-state index contributed by atoms with van der Waals surface area (Å²) in [5.41, 5.74) is 2.96. The second kappa shape index (κ2) is 9.56. The third-order valence-electron chi connectivity index (χ3n) is 6.11. The first kappa shape index (κ1) is 30.0. The molecule has 0 amide bonds. The summed E-state index contributed by atoms with van der Waals surface area (Å²) in [6, 6.07) is 8.50. The molecule has 2 aromatic rings. The van der Waals surface area contributed by atoms with Crippen molar-refractivity contribution in [3.05, 3.63) is 46.5 Å². The van der Waals surface area contributed by atoms with Crippen LogP contribution in [0, 0.1) is 0 Å². The van der Waals surface area contributed by atoms with E-state index in [0.717, 1.165) is 32.0 Å². The van der Waals surface area contributed by atoms with Crippen LogP contribution in [0.1, 0.15) is 119 Å². The SMILES string of the molecule is CC(C)(Sc1cc(C(C)(C)C)c([O-])c(C(C)(C)C)c1)Sc1cc(C(C)(C)C)c(O)c(C(C)(C)C)c1. The highest BCUT2D eigenvalue weighted by molar-refractivity contribution is 8.18. The maximum atomic E-state index is 13.3. The second-order valence-electron chi connectivity index (χ2n) is 14.3. The van der Waals surface area contributed by atoms with Gasteiger partial charge in [0.1, 0.15) is 5.75 Å². The fraction of sp³-hybridized carbons (Fsp3) is 0.613. The van der Waals surface area contributed by atoms with Crippen LogP contribution in [0.3, 0.4) is 0 Å². The maximum absolute atomic E-state index is 13.3. The lowest BCUT2D eigenvalue weighted by Crippen LogP contribution is -2.21. The molecular weight excluding hydrogens is 468 g/mol. The van der Waals surface area contributed by atoms with E-state index >= 15 is 0 Å². The molecule has 0 atom stereocenters. The van der Waals surface area contributed by atoms with Gasteiger partial charge in [0.2, 0.25) is 0 Å². The van der Waals surface area contributed by atoms with Crippen molar-refractivity contribution >= 4 is 23.5 Å². The second-order valence-corrected chi connectivity index (χ2v) is 18.0. The first-order chi connectivity index (χ1) is 15.4.